The van der Waals surface area contributed by atoms with Crippen LogP contribution < -0.4 is 26.7 Å². The minimum absolute atomic E-state index is 0.217. The smallest absolute Gasteiger partial charge is 0.274 e. The molecule has 1 aromatic carbocycles. The quantitative estimate of drug-likeness (QED) is 0.433. The topological polar surface area (TPSA) is 113 Å². The number of aromatic nitrogens is 2. The lowest BCUT2D eigenvalue weighted by Gasteiger charge is -2.42. The van der Waals surface area contributed by atoms with Crippen LogP contribution in [-0.2, 0) is 9.78 Å². The first kappa shape index (κ1) is 18.3. The number of piperazine rings is 1. The number of benzene rings is 1. The van der Waals surface area contributed by atoms with E-state index < -0.39 is 12.1 Å². The van der Waals surface area contributed by atoms with Crippen LogP contribution in [0.4, 0.5) is 11.4 Å². The number of nitrogens with one attached hydrogen (secondary N) is 4. The van der Waals surface area contributed by atoms with Crippen LogP contribution in [0.1, 0.15) is 10.5 Å². The molecule has 27 heavy (non-hydrogen) atoms. The number of fused-ring (bicyclic) bond motifs is 1. The van der Waals surface area contributed by atoms with Crippen molar-refractivity contribution < 1.29 is 14.6 Å². The number of anilines is 2. The Morgan fingerprint density at radius 3 is 3.07 bits per heavy atom. The average molecular weight is 412 g/mol. The maximum Gasteiger partial charge on any atom is 0.274 e. The Morgan fingerprint density at radius 1 is 1.37 bits per heavy atom. The molecule has 1 aromatic heterocycles. The van der Waals surface area contributed by atoms with Gasteiger partial charge in [-0.15, -0.1) is 16.8 Å². The lowest BCUT2D eigenvalue weighted by molar-refractivity contribution is -0.244. The molecule has 10 nitrogen and oxygen atoms in total. The predicted octanol–water partition coefficient (Wildman–Crippen LogP) is 0.980. The molecule has 142 valence electrons. The van der Waals surface area contributed by atoms with Crippen LogP contribution >= 0.6 is 23.2 Å². The van der Waals surface area contributed by atoms with E-state index in [1.807, 2.05) is 0 Å². The van der Waals surface area contributed by atoms with E-state index in [0.717, 1.165) is 5.23 Å². The van der Waals surface area contributed by atoms with Gasteiger partial charge in [-0.1, -0.05) is 17.7 Å². The normalized spacial score (nSPS) is 25.0. The Morgan fingerprint density at radius 2 is 2.26 bits per heavy atom. The fourth-order valence-corrected chi connectivity index (χ4v) is 3.04. The second-order valence-electron chi connectivity index (χ2n) is 5.70. The van der Waals surface area contributed by atoms with E-state index in [1.54, 1.807) is 18.2 Å². The van der Waals surface area contributed by atoms with E-state index in [4.69, 9.17) is 33.0 Å². The Bertz CT molecular complexity index is 828. The molecule has 4 rings (SSSR count). The van der Waals surface area contributed by atoms with E-state index in [0.29, 0.717) is 17.9 Å². The second-order valence-corrected chi connectivity index (χ2v) is 6.60. The monoisotopic (exact) mass is 411 g/mol. The summed E-state index contributed by atoms with van der Waals surface area (Å²) >= 11 is 12.5. The summed E-state index contributed by atoms with van der Waals surface area (Å²) in [6.07, 6.45) is 2.01. The number of alkyl halides is 1. The zero-order valence-corrected chi connectivity index (χ0v) is 15.2. The number of hydrogen-bond acceptors (Lipinski definition) is 9. The van der Waals surface area contributed by atoms with Gasteiger partial charge in [-0.05, 0) is 18.2 Å². The highest BCUT2D eigenvalue weighted by molar-refractivity contribution is 6.36. The van der Waals surface area contributed by atoms with Gasteiger partial charge >= 0.3 is 0 Å². The van der Waals surface area contributed by atoms with Crippen LogP contribution in [0.15, 0.2) is 36.8 Å². The maximum atomic E-state index is 12.3. The van der Waals surface area contributed by atoms with Crippen LogP contribution in [0.3, 0.4) is 0 Å². The van der Waals surface area contributed by atoms with Gasteiger partial charge in [-0.25, -0.2) is 14.8 Å². The number of hydrogen-bond donors (Lipinski definition) is 4. The lowest BCUT2D eigenvalue weighted by Crippen LogP contribution is -2.70. The van der Waals surface area contributed by atoms with E-state index in [2.05, 4.69) is 31.4 Å². The molecule has 12 heteroatoms. The third-order valence-electron chi connectivity index (χ3n) is 3.87. The summed E-state index contributed by atoms with van der Waals surface area (Å²) in [7, 11) is 0. The average Bonchev–Trinajstić information content (AvgIpc) is 2.70. The van der Waals surface area contributed by atoms with Crippen molar-refractivity contribution in [3.8, 4) is 0 Å². The highest BCUT2D eigenvalue weighted by Crippen LogP contribution is 2.34. The van der Waals surface area contributed by atoms with E-state index in [9.17, 15) is 4.79 Å². The minimum Gasteiger partial charge on any atom is -0.319 e. The summed E-state index contributed by atoms with van der Waals surface area (Å²) in [5, 5.41) is 10.3. The number of carbonyl (C=O) groups is 1. The van der Waals surface area contributed by atoms with Crippen LogP contribution in [0.5, 0.6) is 0 Å². The Hall–Kier alpha value is -2.05. The minimum atomic E-state index is -0.427. The largest absolute Gasteiger partial charge is 0.319 e. The first-order valence-electron chi connectivity index (χ1n) is 8.00. The third kappa shape index (κ3) is 3.96. The molecule has 0 aliphatic carbocycles. The van der Waals surface area contributed by atoms with Gasteiger partial charge in [0.25, 0.3) is 5.91 Å². The van der Waals surface area contributed by atoms with Crippen molar-refractivity contribution in [1.29, 1.82) is 0 Å². The Kier molecular flexibility index (Phi) is 5.36. The molecule has 4 N–H and O–H groups in total. The molecule has 2 aliphatic rings. The zero-order valence-electron chi connectivity index (χ0n) is 13.7. The van der Waals surface area contributed by atoms with E-state index in [-0.39, 0.29) is 22.4 Å². The summed E-state index contributed by atoms with van der Waals surface area (Å²) in [4.78, 5) is 31.1. The molecular weight excluding hydrogens is 397 g/mol. The molecule has 3 heterocycles. The van der Waals surface area contributed by atoms with Crippen LogP contribution in [0.25, 0.3) is 0 Å². The number of amides is 1. The fourth-order valence-electron chi connectivity index (χ4n) is 2.58. The summed E-state index contributed by atoms with van der Waals surface area (Å²) in [6, 6.07) is 6.55. The van der Waals surface area contributed by atoms with Gasteiger partial charge in [0.2, 0.25) is 0 Å². The van der Waals surface area contributed by atoms with Crippen molar-refractivity contribution >= 4 is 40.5 Å². The van der Waals surface area contributed by atoms with Gasteiger partial charge in [0.15, 0.2) is 6.23 Å². The number of rotatable bonds is 3. The van der Waals surface area contributed by atoms with Crippen LogP contribution in [0.2, 0.25) is 5.02 Å². The Balaban J connectivity index is 1.50. The van der Waals surface area contributed by atoms with Crippen molar-refractivity contribution in [1.82, 2.24) is 26.1 Å². The molecule has 2 aliphatic heterocycles. The van der Waals surface area contributed by atoms with Crippen molar-refractivity contribution in [3.05, 3.63) is 47.5 Å². The van der Waals surface area contributed by atoms with Crippen molar-refractivity contribution in [3.63, 3.8) is 0 Å². The Labute approximate surface area is 164 Å². The SMILES string of the molecule is O=C(Nc1cccc(N2ONC3NC(Cl)CNC3O2)c1Cl)c1ccncn1. The van der Waals surface area contributed by atoms with Crippen molar-refractivity contribution in [2.45, 2.75) is 17.9 Å². The molecule has 2 fully saturated rings. The lowest BCUT2D eigenvalue weighted by atomic mass is 10.2. The highest BCUT2D eigenvalue weighted by atomic mass is 35.5. The molecule has 1 amide bonds. The van der Waals surface area contributed by atoms with Crippen LogP contribution in [-0.4, -0.2) is 40.3 Å². The van der Waals surface area contributed by atoms with Crippen molar-refractivity contribution in [2.75, 3.05) is 17.1 Å². The molecule has 0 saturated carbocycles. The summed E-state index contributed by atoms with van der Waals surface area (Å²) in [5.41, 5.74) is 3.54. The second kappa shape index (κ2) is 7.90. The van der Waals surface area contributed by atoms with E-state index >= 15 is 0 Å². The molecule has 0 bridgehead atoms. The number of hydroxylamine groups is 1. The summed E-state index contributed by atoms with van der Waals surface area (Å²) in [5.74, 6) is -0.415. The van der Waals surface area contributed by atoms with Gasteiger partial charge in [-0.3, -0.25) is 15.4 Å². The van der Waals surface area contributed by atoms with Crippen LogP contribution in [0, 0.1) is 0 Å². The molecule has 3 unspecified atom stereocenters. The molecule has 3 atom stereocenters. The summed E-state index contributed by atoms with van der Waals surface area (Å²) in [6.45, 7) is 0.515. The summed E-state index contributed by atoms with van der Waals surface area (Å²) < 4.78 is 0. The molecule has 0 radical (unpaired) electrons. The predicted molar refractivity (Wildman–Crippen MR) is 97.6 cm³/mol. The molecule has 0 spiro atoms. The first-order valence-corrected chi connectivity index (χ1v) is 8.82. The number of nitrogens with zero attached hydrogens (tertiary/aromatic N) is 3. The van der Waals surface area contributed by atoms with Gasteiger partial charge < -0.3 is 5.32 Å². The standard InChI is InChI=1S/C15H15Cl2N7O3/c16-11-6-19-15-13(22-11)23-27-24(26-15)10-3-1-2-8(12(10)17)21-14(25)9-4-5-18-7-20-9/h1-5,7,11,13,15,19,22-23H,6H2,(H,21,25). The zero-order chi connectivity index (χ0) is 18.8. The van der Waals surface area contributed by atoms with Crippen molar-refractivity contribution in [2.24, 2.45) is 0 Å². The number of halogens is 2. The van der Waals surface area contributed by atoms with Gasteiger partial charge in [0.05, 0.1) is 16.2 Å². The van der Waals surface area contributed by atoms with Gasteiger partial charge in [0, 0.05) is 12.7 Å². The van der Waals surface area contributed by atoms with Gasteiger partial charge in [0.1, 0.15) is 23.9 Å². The maximum absolute atomic E-state index is 12.3. The molecular formula is C15H15Cl2N7O3. The van der Waals surface area contributed by atoms with E-state index in [1.165, 1.54) is 18.6 Å². The molecule has 2 saturated heterocycles. The third-order valence-corrected chi connectivity index (χ3v) is 4.55. The molecule has 2 aromatic rings. The number of carbonyl (C=O) groups excluding carboxylic acids is 1. The first-order chi connectivity index (χ1) is 13.1. The van der Waals surface area contributed by atoms with Gasteiger partial charge in [-0.2, -0.15) is 10.4 Å². The highest BCUT2D eigenvalue weighted by Gasteiger charge is 2.37. The fraction of sp³-hybridized carbons (Fsp3) is 0.267.